The molecule has 32 heavy (non-hydrogen) atoms. The average Bonchev–Trinajstić information content (AvgIpc) is 3.20. The van der Waals surface area contributed by atoms with Crippen LogP contribution in [0.4, 0.5) is 19.4 Å². The first-order chi connectivity index (χ1) is 15.3. The van der Waals surface area contributed by atoms with E-state index in [0.29, 0.717) is 37.4 Å². The number of fused-ring (bicyclic) bond motifs is 1. The van der Waals surface area contributed by atoms with Gasteiger partial charge in [0.25, 0.3) is 6.43 Å². The van der Waals surface area contributed by atoms with Crippen molar-refractivity contribution in [2.45, 2.75) is 39.7 Å². The van der Waals surface area contributed by atoms with Gasteiger partial charge in [-0.2, -0.15) is 0 Å². The van der Waals surface area contributed by atoms with Gasteiger partial charge in [0.2, 0.25) is 0 Å². The maximum absolute atomic E-state index is 13.6. The van der Waals surface area contributed by atoms with Crippen molar-refractivity contribution in [3.63, 3.8) is 0 Å². The molecule has 1 N–H and O–H groups in total. The van der Waals surface area contributed by atoms with Gasteiger partial charge in [-0.1, -0.05) is 38.6 Å². The summed E-state index contributed by atoms with van der Waals surface area (Å²) in [6.45, 7) is 8.67. The fourth-order valence-electron chi connectivity index (χ4n) is 3.87. The van der Waals surface area contributed by atoms with Gasteiger partial charge in [0.1, 0.15) is 0 Å². The number of carbonyl (C=O) groups excluding carboxylic acids is 1. The smallest absolute Gasteiger partial charge is 0.317 e. The number of hydrogen-bond acceptors (Lipinski definition) is 3. The standard InChI is InChI=1S/C24H31F2N5O/c1-6-16(2)19(22(25)26)14-17(3)29(5)23-20-15-30(24(32)27-4)13-12-21(20)31(28-23)18-10-8-7-9-11-18/h7-11,14,16,22H,3,6,12-13,15H2,1-2,4-5H3,(H,27,32)/b19-14+. The zero-order valence-corrected chi connectivity index (χ0v) is 19.1. The molecule has 0 fully saturated rings. The van der Waals surface area contributed by atoms with Crippen LogP contribution in [0.25, 0.3) is 5.69 Å². The van der Waals surface area contributed by atoms with Crippen LogP contribution in [0, 0.1) is 5.92 Å². The van der Waals surface area contributed by atoms with Crippen molar-refractivity contribution in [3.8, 4) is 5.69 Å². The highest BCUT2D eigenvalue weighted by atomic mass is 19.3. The van der Waals surface area contributed by atoms with Gasteiger partial charge in [-0.25, -0.2) is 18.3 Å². The Morgan fingerprint density at radius 2 is 2.03 bits per heavy atom. The second-order valence-electron chi connectivity index (χ2n) is 8.03. The molecule has 0 radical (unpaired) electrons. The fourth-order valence-corrected chi connectivity index (χ4v) is 3.87. The number of nitrogens with one attached hydrogen (secondary N) is 1. The molecule has 1 aromatic carbocycles. The molecule has 0 bridgehead atoms. The van der Waals surface area contributed by atoms with E-state index in [1.54, 1.807) is 30.8 Å². The summed E-state index contributed by atoms with van der Waals surface area (Å²) in [6.07, 6.45) is 0.170. The second-order valence-corrected chi connectivity index (χ2v) is 8.03. The van der Waals surface area contributed by atoms with Crippen molar-refractivity contribution in [3.05, 3.63) is 65.5 Å². The van der Waals surface area contributed by atoms with E-state index < -0.39 is 6.43 Å². The first-order valence-corrected chi connectivity index (χ1v) is 10.8. The van der Waals surface area contributed by atoms with Crippen molar-refractivity contribution >= 4 is 11.8 Å². The van der Waals surface area contributed by atoms with E-state index in [9.17, 15) is 13.6 Å². The highest BCUT2D eigenvalue weighted by Gasteiger charge is 2.30. The first-order valence-electron chi connectivity index (χ1n) is 10.8. The van der Waals surface area contributed by atoms with E-state index in [1.165, 1.54) is 6.08 Å². The van der Waals surface area contributed by atoms with E-state index in [0.717, 1.165) is 16.9 Å². The zero-order valence-electron chi connectivity index (χ0n) is 19.1. The lowest BCUT2D eigenvalue weighted by Crippen LogP contribution is -2.41. The summed E-state index contributed by atoms with van der Waals surface area (Å²) >= 11 is 0. The molecule has 0 aliphatic carbocycles. The molecule has 1 unspecified atom stereocenters. The molecular formula is C24H31F2N5O. The van der Waals surface area contributed by atoms with Gasteiger partial charge in [-0.05, 0) is 30.5 Å². The molecular weight excluding hydrogens is 412 g/mol. The molecule has 2 heterocycles. The lowest BCUT2D eigenvalue weighted by atomic mass is 9.97. The minimum absolute atomic E-state index is 0.0627. The van der Waals surface area contributed by atoms with Crippen LogP contribution < -0.4 is 10.2 Å². The van der Waals surface area contributed by atoms with Gasteiger partial charge in [0, 0.05) is 43.9 Å². The maximum Gasteiger partial charge on any atom is 0.317 e. The third-order valence-corrected chi connectivity index (χ3v) is 6.05. The van der Waals surface area contributed by atoms with Crippen LogP contribution in [0.2, 0.25) is 0 Å². The predicted molar refractivity (Wildman–Crippen MR) is 123 cm³/mol. The molecule has 1 aromatic heterocycles. The average molecular weight is 444 g/mol. The Bertz CT molecular complexity index is 999. The molecule has 0 saturated carbocycles. The van der Waals surface area contributed by atoms with E-state index >= 15 is 0 Å². The van der Waals surface area contributed by atoms with Crippen molar-refractivity contribution < 1.29 is 13.6 Å². The highest BCUT2D eigenvalue weighted by Crippen LogP contribution is 2.33. The number of hydrogen-bond donors (Lipinski definition) is 1. The summed E-state index contributed by atoms with van der Waals surface area (Å²) in [5.74, 6) is 0.358. The number of anilines is 1. The van der Waals surface area contributed by atoms with E-state index in [-0.39, 0.29) is 17.5 Å². The van der Waals surface area contributed by atoms with E-state index in [2.05, 4.69) is 11.9 Å². The molecule has 0 saturated heterocycles. The molecule has 1 atom stereocenters. The van der Waals surface area contributed by atoms with Gasteiger partial charge in [-0.15, -0.1) is 5.10 Å². The fraction of sp³-hybridized carbons (Fsp3) is 0.417. The van der Waals surface area contributed by atoms with Crippen LogP contribution in [0.15, 0.2) is 54.3 Å². The van der Waals surface area contributed by atoms with Crippen molar-refractivity contribution in [2.75, 3.05) is 25.5 Å². The van der Waals surface area contributed by atoms with Gasteiger partial charge in [0.15, 0.2) is 5.82 Å². The normalized spacial score (nSPS) is 14.8. The molecule has 6 nitrogen and oxygen atoms in total. The summed E-state index contributed by atoms with van der Waals surface area (Å²) in [7, 11) is 3.38. The Labute approximate surface area is 188 Å². The minimum Gasteiger partial charge on any atom is -0.341 e. The summed E-state index contributed by atoms with van der Waals surface area (Å²) in [5.41, 5.74) is 3.30. The summed E-state index contributed by atoms with van der Waals surface area (Å²) in [6, 6.07) is 9.59. The third kappa shape index (κ3) is 4.69. The van der Waals surface area contributed by atoms with Crippen LogP contribution in [-0.4, -0.2) is 47.8 Å². The van der Waals surface area contributed by atoms with Gasteiger partial charge >= 0.3 is 6.03 Å². The summed E-state index contributed by atoms with van der Waals surface area (Å²) < 4.78 is 29.2. The lowest BCUT2D eigenvalue weighted by Gasteiger charge is -2.28. The predicted octanol–water partition coefficient (Wildman–Crippen LogP) is 4.76. The number of para-hydroxylation sites is 1. The number of alkyl halides is 2. The summed E-state index contributed by atoms with van der Waals surface area (Å²) in [4.78, 5) is 15.7. The Balaban J connectivity index is 2.04. The SMILES string of the molecule is C=C(/C=C(/C(F)F)C(C)CC)N(C)c1nn(-c2ccccc2)c2c1CN(C(=O)NC)CC2. The van der Waals surface area contributed by atoms with Crippen LogP contribution in [0.3, 0.4) is 0 Å². The number of benzene rings is 1. The number of likely N-dealkylation sites (N-methyl/N-ethyl adjacent to an activating group) is 1. The molecule has 2 amide bonds. The van der Waals surface area contributed by atoms with Gasteiger partial charge < -0.3 is 15.1 Å². The zero-order chi connectivity index (χ0) is 23.4. The van der Waals surface area contributed by atoms with Crippen LogP contribution in [-0.2, 0) is 13.0 Å². The molecule has 1 aliphatic heterocycles. The monoisotopic (exact) mass is 443 g/mol. The number of carbonyl (C=O) groups is 1. The number of aromatic nitrogens is 2. The molecule has 2 aromatic rings. The molecule has 0 spiro atoms. The quantitative estimate of drug-likeness (QED) is 0.628. The molecule has 3 rings (SSSR count). The number of amides is 2. The van der Waals surface area contributed by atoms with Crippen molar-refractivity contribution in [2.24, 2.45) is 5.92 Å². The minimum atomic E-state index is -2.55. The van der Waals surface area contributed by atoms with Crippen LogP contribution in [0.5, 0.6) is 0 Å². The largest absolute Gasteiger partial charge is 0.341 e. The van der Waals surface area contributed by atoms with Gasteiger partial charge in [0.05, 0.1) is 17.9 Å². The molecule has 8 heteroatoms. The summed E-state index contributed by atoms with van der Waals surface area (Å²) in [5, 5.41) is 7.50. The topological polar surface area (TPSA) is 53.4 Å². The van der Waals surface area contributed by atoms with E-state index in [1.807, 2.05) is 41.9 Å². The Hall–Kier alpha value is -3.16. The van der Waals surface area contributed by atoms with Crippen LogP contribution in [0.1, 0.15) is 31.5 Å². The Morgan fingerprint density at radius 1 is 1.34 bits per heavy atom. The molecule has 1 aliphatic rings. The number of allylic oxidation sites excluding steroid dienone is 2. The Morgan fingerprint density at radius 3 is 2.62 bits per heavy atom. The number of rotatable bonds is 7. The maximum atomic E-state index is 13.6. The van der Waals surface area contributed by atoms with Crippen molar-refractivity contribution in [1.82, 2.24) is 20.0 Å². The number of urea groups is 1. The number of nitrogens with zero attached hydrogens (tertiary/aromatic N) is 4. The lowest BCUT2D eigenvalue weighted by molar-refractivity contribution is 0.175. The van der Waals surface area contributed by atoms with Crippen molar-refractivity contribution in [1.29, 1.82) is 0 Å². The van der Waals surface area contributed by atoms with Gasteiger partial charge in [-0.3, -0.25) is 0 Å². The van der Waals surface area contributed by atoms with E-state index in [4.69, 9.17) is 5.10 Å². The third-order valence-electron chi connectivity index (χ3n) is 6.05. The Kier molecular flexibility index (Phi) is 7.33. The number of halogens is 2. The molecule has 172 valence electrons. The van der Waals surface area contributed by atoms with Crippen LogP contribution >= 0.6 is 0 Å². The second kappa shape index (κ2) is 9.97. The first kappa shape index (κ1) is 23.5. The highest BCUT2D eigenvalue weighted by molar-refractivity contribution is 5.74.